The molecule has 0 aliphatic rings. The summed E-state index contributed by atoms with van der Waals surface area (Å²) in [4.78, 5) is 12.1. The van der Waals surface area contributed by atoms with E-state index >= 15 is 0 Å². The van der Waals surface area contributed by atoms with Crippen molar-refractivity contribution in [3.63, 3.8) is 0 Å². The first-order chi connectivity index (χ1) is 10.1. The van der Waals surface area contributed by atoms with Crippen LogP contribution in [0.25, 0.3) is 0 Å². The fourth-order valence-corrected chi connectivity index (χ4v) is 1.79. The van der Waals surface area contributed by atoms with E-state index in [2.05, 4.69) is 10.1 Å². The Morgan fingerprint density at radius 1 is 1.05 bits per heavy atom. The molecule has 0 radical (unpaired) electrons. The molecule has 0 fully saturated rings. The molecular formula is C15H14F2N2O2. The highest BCUT2D eigenvalue weighted by Crippen LogP contribution is 2.26. The second-order valence-corrected chi connectivity index (χ2v) is 4.25. The van der Waals surface area contributed by atoms with Gasteiger partial charge >= 0.3 is 6.61 Å². The lowest BCUT2D eigenvalue weighted by molar-refractivity contribution is -0.117. The van der Waals surface area contributed by atoms with E-state index in [1.54, 1.807) is 36.4 Å². The van der Waals surface area contributed by atoms with Crippen LogP contribution in [0.4, 0.5) is 14.5 Å². The first-order valence-electron chi connectivity index (χ1n) is 6.23. The first-order valence-corrected chi connectivity index (χ1v) is 6.23. The van der Waals surface area contributed by atoms with E-state index in [0.717, 1.165) is 0 Å². The van der Waals surface area contributed by atoms with Crippen molar-refractivity contribution >= 4 is 11.6 Å². The van der Waals surface area contributed by atoms with Crippen molar-refractivity contribution < 1.29 is 18.3 Å². The molecule has 0 heterocycles. The average Bonchev–Trinajstić information content (AvgIpc) is 2.49. The van der Waals surface area contributed by atoms with Gasteiger partial charge in [0.2, 0.25) is 5.91 Å². The van der Waals surface area contributed by atoms with Crippen LogP contribution in [-0.2, 0) is 4.79 Å². The molecule has 0 bridgehead atoms. The van der Waals surface area contributed by atoms with Crippen LogP contribution in [0.1, 0.15) is 11.6 Å². The molecule has 4 nitrogen and oxygen atoms in total. The molecule has 2 aromatic carbocycles. The zero-order valence-electron chi connectivity index (χ0n) is 11.0. The van der Waals surface area contributed by atoms with E-state index in [1.807, 2.05) is 0 Å². The third-order valence-electron chi connectivity index (χ3n) is 2.80. The number of amides is 1. The summed E-state index contributed by atoms with van der Waals surface area (Å²) in [5, 5.41) is 2.49. The van der Waals surface area contributed by atoms with Crippen LogP contribution >= 0.6 is 0 Å². The monoisotopic (exact) mass is 292 g/mol. The van der Waals surface area contributed by atoms with Crippen molar-refractivity contribution in [2.24, 2.45) is 5.73 Å². The Bertz CT molecular complexity index is 606. The molecule has 0 saturated carbocycles. The number of nitrogens with one attached hydrogen (secondary N) is 1. The number of benzene rings is 2. The smallest absolute Gasteiger partial charge is 0.387 e. The summed E-state index contributed by atoms with van der Waals surface area (Å²) < 4.78 is 28.9. The summed E-state index contributed by atoms with van der Waals surface area (Å²) in [7, 11) is 0. The van der Waals surface area contributed by atoms with Crippen LogP contribution in [-0.4, -0.2) is 12.5 Å². The van der Waals surface area contributed by atoms with E-state index in [9.17, 15) is 13.6 Å². The predicted octanol–water partition coefficient (Wildman–Crippen LogP) is 2.93. The summed E-state index contributed by atoms with van der Waals surface area (Å²) in [6.07, 6.45) is 0. The van der Waals surface area contributed by atoms with E-state index in [0.29, 0.717) is 5.56 Å². The maximum atomic E-state index is 12.3. The molecule has 1 amide bonds. The van der Waals surface area contributed by atoms with Gasteiger partial charge in [0.15, 0.2) is 0 Å². The molecule has 6 heteroatoms. The molecule has 0 spiro atoms. The van der Waals surface area contributed by atoms with Gasteiger partial charge in [-0.2, -0.15) is 8.78 Å². The number of hydrogen-bond donors (Lipinski definition) is 2. The van der Waals surface area contributed by atoms with Crippen LogP contribution in [0.2, 0.25) is 0 Å². The molecule has 110 valence electrons. The Labute approximate surface area is 120 Å². The normalized spacial score (nSPS) is 12.0. The SMILES string of the molecule is N[C@H](C(=O)Nc1ccccc1OC(F)F)c1ccccc1. The number of carbonyl (C=O) groups excluding carboxylic acids is 1. The third kappa shape index (κ3) is 4.00. The molecule has 2 rings (SSSR count). The van der Waals surface area contributed by atoms with Crippen molar-refractivity contribution in [1.29, 1.82) is 0 Å². The first kappa shape index (κ1) is 14.9. The minimum absolute atomic E-state index is 0.110. The van der Waals surface area contributed by atoms with Crippen LogP contribution in [0.15, 0.2) is 54.6 Å². The second-order valence-electron chi connectivity index (χ2n) is 4.25. The number of nitrogens with two attached hydrogens (primary N) is 1. The molecule has 3 N–H and O–H groups in total. The highest BCUT2D eigenvalue weighted by atomic mass is 19.3. The van der Waals surface area contributed by atoms with Gasteiger partial charge < -0.3 is 15.8 Å². The van der Waals surface area contributed by atoms with Crippen LogP contribution in [0.3, 0.4) is 0 Å². The summed E-state index contributed by atoms with van der Waals surface area (Å²) in [6, 6.07) is 13.8. The van der Waals surface area contributed by atoms with Crippen molar-refractivity contribution in [3.8, 4) is 5.75 Å². The van der Waals surface area contributed by atoms with Gasteiger partial charge in [-0.25, -0.2) is 0 Å². The van der Waals surface area contributed by atoms with Crippen molar-refractivity contribution in [1.82, 2.24) is 0 Å². The van der Waals surface area contributed by atoms with Gasteiger partial charge in [-0.05, 0) is 17.7 Å². The maximum Gasteiger partial charge on any atom is 0.387 e. The molecule has 2 aromatic rings. The lowest BCUT2D eigenvalue weighted by atomic mass is 10.1. The number of alkyl halides is 2. The fourth-order valence-electron chi connectivity index (χ4n) is 1.79. The molecular weight excluding hydrogens is 278 g/mol. The lowest BCUT2D eigenvalue weighted by Gasteiger charge is -2.15. The number of para-hydroxylation sites is 2. The number of carbonyl (C=O) groups is 1. The molecule has 0 aliphatic heterocycles. The Morgan fingerprint density at radius 2 is 1.67 bits per heavy atom. The van der Waals surface area contributed by atoms with Crippen molar-refractivity contribution in [2.75, 3.05) is 5.32 Å². The standard InChI is InChI=1S/C15H14F2N2O2/c16-15(17)21-12-9-5-4-8-11(12)19-14(20)13(18)10-6-2-1-3-7-10/h1-9,13,15H,18H2,(H,19,20)/t13-/m0/s1. The zero-order valence-corrected chi connectivity index (χ0v) is 11.0. The summed E-state index contributed by atoms with van der Waals surface area (Å²) >= 11 is 0. The van der Waals surface area contributed by atoms with Gasteiger partial charge in [-0.1, -0.05) is 42.5 Å². The number of rotatable bonds is 5. The quantitative estimate of drug-likeness (QED) is 0.890. The van der Waals surface area contributed by atoms with Gasteiger partial charge in [0, 0.05) is 0 Å². The molecule has 0 saturated heterocycles. The molecule has 0 aromatic heterocycles. The largest absolute Gasteiger partial charge is 0.433 e. The molecule has 21 heavy (non-hydrogen) atoms. The van der Waals surface area contributed by atoms with E-state index in [4.69, 9.17) is 5.73 Å². The minimum atomic E-state index is -2.97. The summed E-state index contributed by atoms with van der Waals surface area (Å²) in [6.45, 7) is -2.97. The molecule has 0 unspecified atom stereocenters. The topological polar surface area (TPSA) is 64.4 Å². The number of ether oxygens (including phenoxy) is 1. The predicted molar refractivity (Wildman–Crippen MR) is 75.1 cm³/mol. The highest BCUT2D eigenvalue weighted by Gasteiger charge is 2.18. The zero-order chi connectivity index (χ0) is 15.2. The Balaban J connectivity index is 2.13. The summed E-state index contributed by atoms with van der Waals surface area (Å²) in [5.41, 5.74) is 6.61. The van der Waals surface area contributed by atoms with E-state index in [-0.39, 0.29) is 11.4 Å². The summed E-state index contributed by atoms with van der Waals surface area (Å²) in [5.74, 6) is -0.618. The van der Waals surface area contributed by atoms with E-state index < -0.39 is 18.6 Å². The van der Waals surface area contributed by atoms with Crippen LogP contribution in [0.5, 0.6) is 5.75 Å². The lowest BCUT2D eigenvalue weighted by Crippen LogP contribution is -2.28. The third-order valence-corrected chi connectivity index (χ3v) is 2.80. The number of halogens is 2. The Hall–Kier alpha value is -2.47. The number of hydrogen-bond acceptors (Lipinski definition) is 3. The fraction of sp³-hybridized carbons (Fsp3) is 0.133. The molecule has 0 aliphatic carbocycles. The van der Waals surface area contributed by atoms with Gasteiger partial charge in [0.1, 0.15) is 11.8 Å². The van der Waals surface area contributed by atoms with Gasteiger partial charge in [-0.15, -0.1) is 0 Å². The van der Waals surface area contributed by atoms with Gasteiger partial charge in [-0.3, -0.25) is 4.79 Å². The highest BCUT2D eigenvalue weighted by molar-refractivity contribution is 5.96. The Kier molecular flexibility index (Phi) is 4.84. The van der Waals surface area contributed by atoms with Crippen molar-refractivity contribution in [3.05, 3.63) is 60.2 Å². The van der Waals surface area contributed by atoms with Gasteiger partial charge in [0.25, 0.3) is 0 Å². The Morgan fingerprint density at radius 3 is 2.33 bits per heavy atom. The van der Waals surface area contributed by atoms with Crippen LogP contribution in [0, 0.1) is 0 Å². The maximum absolute atomic E-state index is 12.3. The van der Waals surface area contributed by atoms with Crippen LogP contribution < -0.4 is 15.8 Å². The number of anilines is 1. The van der Waals surface area contributed by atoms with Crippen molar-refractivity contribution in [2.45, 2.75) is 12.7 Å². The average molecular weight is 292 g/mol. The second kappa shape index (κ2) is 6.81. The van der Waals surface area contributed by atoms with Gasteiger partial charge in [0.05, 0.1) is 5.69 Å². The minimum Gasteiger partial charge on any atom is -0.433 e. The van der Waals surface area contributed by atoms with E-state index in [1.165, 1.54) is 18.2 Å². The molecule has 1 atom stereocenters.